The van der Waals surface area contributed by atoms with Gasteiger partial charge in [0.1, 0.15) is 0 Å². The highest BCUT2D eigenvalue weighted by molar-refractivity contribution is 5.97. The first-order valence-electron chi connectivity index (χ1n) is 8.23. The molecule has 1 aromatic rings. The van der Waals surface area contributed by atoms with Crippen molar-refractivity contribution in [3.05, 3.63) is 29.8 Å². The van der Waals surface area contributed by atoms with Gasteiger partial charge in [-0.25, -0.2) is 0 Å². The molecule has 1 N–H and O–H groups in total. The number of rotatable bonds is 7. The number of anilines is 1. The first-order valence-corrected chi connectivity index (χ1v) is 8.23. The van der Waals surface area contributed by atoms with Gasteiger partial charge >= 0.3 is 0 Å². The average Bonchev–Trinajstić information content (AvgIpc) is 2.93. The monoisotopic (exact) mass is 318 g/mol. The first kappa shape index (κ1) is 17.5. The van der Waals surface area contributed by atoms with Crippen molar-refractivity contribution < 1.29 is 14.3 Å². The van der Waals surface area contributed by atoms with E-state index in [4.69, 9.17) is 4.74 Å². The molecule has 2 atom stereocenters. The van der Waals surface area contributed by atoms with Crippen LogP contribution in [0.3, 0.4) is 0 Å². The molecule has 0 aromatic heterocycles. The Balaban J connectivity index is 2.02. The molecule has 0 spiro atoms. The fourth-order valence-corrected chi connectivity index (χ4v) is 2.86. The summed E-state index contributed by atoms with van der Waals surface area (Å²) in [6, 6.07) is 7.89. The van der Waals surface area contributed by atoms with Gasteiger partial charge in [0.25, 0.3) is 0 Å². The first-order chi connectivity index (χ1) is 11.1. The van der Waals surface area contributed by atoms with Crippen molar-refractivity contribution >= 4 is 17.5 Å². The number of likely N-dealkylation sites (tertiary alicyclic amines) is 1. The molecular formula is C18H26N2O3. The zero-order valence-electron chi connectivity index (χ0n) is 14.2. The minimum Gasteiger partial charge on any atom is -0.383 e. The molecule has 126 valence electrons. The number of methoxy groups -OCH3 is 1. The van der Waals surface area contributed by atoms with Crippen LogP contribution in [0, 0.1) is 5.92 Å². The van der Waals surface area contributed by atoms with E-state index in [0.29, 0.717) is 25.6 Å². The van der Waals surface area contributed by atoms with E-state index in [1.165, 1.54) is 0 Å². The summed E-state index contributed by atoms with van der Waals surface area (Å²) in [4.78, 5) is 26.2. The summed E-state index contributed by atoms with van der Waals surface area (Å²) in [5.41, 5.74) is 2.00. The summed E-state index contributed by atoms with van der Waals surface area (Å²) < 4.78 is 5.00. The molecule has 5 heteroatoms. The Labute approximate surface area is 138 Å². The van der Waals surface area contributed by atoms with Gasteiger partial charge in [-0.3, -0.25) is 9.59 Å². The Morgan fingerprint density at radius 3 is 2.87 bits per heavy atom. The Morgan fingerprint density at radius 1 is 1.43 bits per heavy atom. The highest BCUT2D eigenvalue weighted by Crippen LogP contribution is 2.28. The second-order valence-corrected chi connectivity index (χ2v) is 6.12. The topological polar surface area (TPSA) is 58.6 Å². The number of carbonyl (C=O) groups is 2. The molecule has 23 heavy (non-hydrogen) atoms. The van der Waals surface area contributed by atoms with E-state index in [1.807, 2.05) is 18.2 Å². The highest BCUT2D eigenvalue weighted by atomic mass is 16.5. The van der Waals surface area contributed by atoms with Gasteiger partial charge < -0.3 is 15.0 Å². The van der Waals surface area contributed by atoms with Crippen LogP contribution >= 0.6 is 0 Å². The summed E-state index contributed by atoms with van der Waals surface area (Å²) >= 11 is 0. The van der Waals surface area contributed by atoms with Crippen LogP contribution in [-0.4, -0.2) is 43.5 Å². The fourth-order valence-electron chi connectivity index (χ4n) is 2.86. The van der Waals surface area contributed by atoms with E-state index in [-0.39, 0.29) is 24.2 Å². The van der Waals surface area contributed by atoms with Crippen molar-refractivity contribution in [2.75, 3.05) is 32.1 Å². The molecule has 5 nitrogen and oxygen atoms in total. The molecule has 0 radical (unpaired) electrons. The van der Waals surface area contributed by atoms with Crippen LogP contribution in [0.2, 0.25) is 0 Å². The van der Waals surface area contributed by atoms with Crippen LogP contribution in [0.4, 0.5) is 5.69 Å². The number of nitrogens with zero attached hydrogens (tertiary/aromatic N) is 1. The average molecular weight is 318 g/mol. The van der Waals surface area contributed by atoms with E-state index in [9.17, 15) is 9.59 Å². The predicted octanol–water partition coefficient (Wildman–Crippen LogP) is 2.63. The zero-order chi connectivity index (χ0) is 16.8. The molecule has 1 fully saturated rings. The third kappa shape index (κ3) is 4.32. The minimum atomic E-state index is -0.288. The standard InChI is InChI=1S/C18H26N2O3/c1-4-13(2)15-7-5-6-8-16(15)19-18(22)14-11-17(21)20(12-14)9-10-23-3/h5-8,13-14H,4,9-12H2,1-3H3,(H,19,22). The lowest BCUT2D eigenvalue weighted by atomic mass is 9.96. The smallest absolute Gasteiger partial charge is 0.229 e. The summed E-state index contributed by atoms with van der Waals surface area (Å²) in [6.07, 6.45) is 1.29. The number of para-hydroxylation sites is 1. The van der Waals surface area contributed by atoms with E-state index in [0.717, 1.165) is 17.7 Å². The molecule has 2 amide bonds. The van der Waals surface area contributed by atoms with Crippen LogP contribution in [0.15, 0.2) is 24.3 Å². The molecule has 0 aliphatic carbocycles. The largest absolute Gasteiger partial charge is 0.383 e. The quantitative estimate of drug-likeness (QED) is 0.841. The van der Waals surface area contributed by atoms with Crippen molar-refractivity contribution in [1.29, 1.82) is 0 Å². The summed E-state index contributed by atoms with van der Waals surface area (Å²) in [7, 11) is 1.61. The third-order valence-electron chi connectivity index (χ3n) is 4.51. The summed E-state index contributed by atoms with van der Waals surface area (Å²) in [5, 5.41) is 3.02. The number of amides is 2. The maximum absolute atomic E-state index is 12.5. The molecule has 1 heterocycles. The van der Waals surface area contributed by atoms with Crippen molar-refractivity contribution in [2.24, 2.45) is 5.92 Å². The number of benzene rings is 1. The van der Waals surface area contributed by atoms with Crippen LogP contribution in [0.1, 0.15) is 38.2 Å². The van der Waals surface area contributed by atoms with Crippen LogP contribution in [0.25, 0.3) is 0 Å². The molecule has 2 unspecified atom stereocenters. The van der Waals surface area contributed by atoms with Crippen molar-refractivity contribution in [3.63, 3.8) is 0 Å². The predicted molar refractivity (Wildman–Crippen MR) is 90.3 cm³/mol. The number of carbonyl (C=O) groups excluding carboxylic acids is 2. The SMILES string of the molecule is CCC(C)c1ccccc1NC(=O)C1CC(=O)N(CCOC)C1. The lowest BCUT2D eigenvalue weighted by Gasteiger charge is -2.18. The van der Waals surface area contributed by atoms with Gasteiger partial charge in [-0.1, -0.05) is 32.0 Å². The highest BCUT2D eigenvalue weighted by Gasteiger charge is 2.34. The van der Waals surface area contributed by atoms with Crippen LogP contribution in [0.5, 0.6) is 0 Å². The maximum atomic E-state index is 12.5. The third-order valence-corrected chi connectivity index (χ3v) is 4.51. The van der Waals surface area contributed by atoms with Gasteiger partial charge in [0.2, 0.25) is 11.8 Å². The Bertz CT molecular complexity index is 559. The van der Waals surface area contributed by atoms with Gasteiger partial charge in [-0.05, 0) is 24.0 Å². The zero-order valence-corrected chi connectivity index (χ0v) is 14.2. The summed E-state index contributed by atoms with van der Waals surface area (Å²) in [5.74, 6) is 0.0469. The van der Waals surface area contributed by atoms with E-state index in [1.54, 1.807) is 12.0 Å². The molecule has 0 bridgehead atoms. The Kier molecular flexibility index (Phi) is 6.16. The van der Waals surface area contributed by atoms with Gasteiger partial charge in [0.15, 0.2) is 0 Å². The number of hydrogen-bond acceptors (Lipinski definition) is 3. The Morgan fingerprint density at radius 2 is 2.17 bits per heavy atom. The number of ether oxygens (including phenoxy) is 1. The Hall–Kier alpha value is -1.88. The molecule has 1 saturated heterocycles. The van der Waals surface area contributed by atoms with E-state index < -0.39 is 0 Å². The second-order valence-electron chi connectivity index (χ2n) is 6.12. The number of nitrogens with one attached hydrogen (secondary N) is 1. The molecule has 0 saturated carbocycles. The lowest BCUT2D eigenvalue weighted by Crippen LogP contribution is -2.31. The second kappa shape index (κ2) is 8.11. The maximum Gasteiger partial charge on any atom is 0.229 e. The van der Waals surface area contributed by atoms with Crippen LogP contribution in [-0.2, 0) is 14.3 Å². The van der Waals surface area contributed by atoms with Crippen molar-refractivity contribution in [3.8, 4) is 0 Å². The van der Waals surface area contributed by atoms with Crippen molar-refractivity contribution in [1.82, 2.24) is 4.90 Å². The van der Waals surface area contributed by atoms with Gasteiger partial charge in [-0.2, -0.15) is 0 Å². The number of hydrogen-bond donors (Lipinski definition) is 1. The van der Waals surface area contributed by atoms with Gasteiger partial charge in [0, 0.05) is 32.3 Å². The fraction of sp³-hybridized carbons (Fsp3) is 0.556. The van der Waals surface area contributed by atoms with Crippen LogP contribution < -0.4 is 5.32 Å². The van der Waals surface area contributed by atoms with Gasteiger partial charge in [0.05, 0.1) is 12.5 Å². The molecule has 1 aliphatic heterocycles. The minimum absolute atomic E-state index is 0.0254. The normalized spacial score (nSPS) is 19.0. The van der Waals surface area contributed by atoms with Crippen molar-refractivity contribution in [2.45, 2.75) is 32.6 Å². The molecular weight excluding hydrogens is 292 g/mol. The molecule has 1 aliphatic rings. The molecule has 2 rings (SSSR count). The lowest BCUT2D eigenvalue weighted by molar-refractivity contribution is -0.128. The molecule has 1 aromatic carbocycles. The summed E-state index contributed by atoms with van der Waals surface area (Å²) in [6.45, 7) is 5.79. The van der Waals surface area contributed by atoms with Gasteiger partial charge in [-0.15, -0.1) is 0 Å². The van der Waals surface area contributed by atoms with E-state index in [2.05, 4.69) is 25.2 Å². The van der Waals surface area contributed by atoms with E-state index >= 15 is 0 Å².